The Morgan fingerprint density at radius 2 is 2.33 bits per heavy atom. The molecule has 3 nitrogen and oxygen atoms in total. The molecule has 1 heterocycles. The largest absolute Gasteiger partial charge is 0.364 e. The summed E-state index contributed by atoms with van der Waals surface area (Å²) in [7, 11) is 0. The molecule has 0 aliphatic carbocycles. The van der Waals surface area contributed by atoms with Crippen LogP contribution >= 0.6 is 0 Å². The maximum Gasteiger partial charge on any atom is 0.170 e. The Balaban J connectivity index is 2.94. The Labute approximate surface area is 71.7 Å². The van der Waals surface area contributed by atoms with Crippen LogP contribution in [0.25, 0.3) is 0 Å². The van der Waals surface area contributed by atoms with Crippen LogP contribution in [0.5, 0.6) is 0 Å². The molecule has 1 aromatic rings. The van der Waals surface area contributed by atoms with Crippen molar-refractivity contribution in [1.82, 2.24) is 5.16 Å². The summed E-state index contributed by atoms with van der Waals surface area (Å²) in [5, 5.41) is 3.74. The molecule has 0 unspecified atom stereocenters. The highest BCUT2D eigenvalue weighted by Crippen LogP contribution is 2.12. The van der Waals surface area contributed by atoms with Gasteiger partial charge >= 0.3 is 0 Å². The van der Waals surface area contributed by atoms with E-state index in [-0.39, 0.29) is 11.7 Å². The Morgan fingerprint density at radius 3 is 2.83 bits per heavy atom. The fraction of sp³-hybridized carbons (Fsp3) is 0.556. The van der Waals surface area contributed by atoms with Gasteiger partial charge in [-0.15, -0.1) is 0 Å². The summed E-state index contributed by atoms with van der Waals surface area (Å²) in [6.07, 6.45) is 2.17. The fourth-order valence-electron chi connectivity index (χ4n) is 1.03. The lowest BCUT2D eigenvalue weighted by Gasteiger charge is -2.00. The number of hydrogen-bond donors (Lipinski definition) is 0. The Hall–Kier alpha value is -1.12. The number of rotatable bonds is 3. The van der Waals surface area contributed by atoms with E-state index in [1.807, 2.05) is 20.8 Å². The van der Waals surface area contributed by atoms with Gasteiger partial charge < -0.3 is 4.52 Å². The van der Waals surface area contributed by atoms with Crippen LogP contribution in [0.4, 0.5) is 0 Å². The molecule has 3 heteroatoms. The molecule has 0 spiro atoms. The molecule has 0 fully saturated rings. The molecule has 0 N–H and O–H groups in total. The van der Waals surface area contributed by atoms with Crippen LogP contribution in [0.15, 0.2) is 10.8 Å². The van der Waals surface area contributed by atoms with Crippen LogP contribution in [0, 0.1) is 5.92 Å². The van der Waals surface area contributed by atoms with Crippen LogP contribution in [0.2, 0.25) is 0 Å². The van der Waals surface area contributed by atoms with Gasteiger partial charge in [-0.1, -0.05) is 25.9 Å². The lowest BCUT2D eigenvalue weighted by atomic mass is 10.0. The minimum atomic E-state index is 0.00898. The van der Waals surface area contributed by atoms with Gasteiger partial charge in [-0.3, -0.25) is 4.79 Å². The molecule has 0 amide bonds. The second-order valence-electron chi connectivity index (χ2n) is 3.05. The van der Waals surface area contributed by atoms with Gasteiger partial charge in [0, 0.05) is 5.92 Å². The minimum Gasteiger partial charge on any atom is -0.364 e. The van der Waals surface area contributed by atoms with Crippen molar-refractivity contribution in [1.29, 1.82) is 0 Å². The molecule has 0 bridgehead atoms. The number of nitrogens with zero attached hydrogens (tertiary/aromatic N) is 1. The van der Waals surface area contributed by atoms with E-state index in [1.54, 1.807) is 0 Å². The Kier molecular flexibility index (Phi) is 2.63. The van der Waals surface area contributed by atoms with E-state index in [0.717, 1.165) is 12.1 Å². The predicted molar refractivity (Wildman–Crippen MR) is 45.0 cm³/mol. The quantitative estimate of drug-likeness (QED) is 0.647. The molecule has 1 aromatic heterocycles. The number of aryl methyl sites for hydroxylation is 1. The molecule has 0 radical (unpaired) electrons. The average molecular weight is 167 g/mol. The molecule has 0 aromatic carbocycles. The van der Waals surface area contributed by atoms with Gasteiger partial charge in [0.2, 0.25) is 0 Å². The maximum atomic E-state index is 11.5. The number of ketones is 1. The van der Waals surface area contributed by atoms with Crippen molar-refractivity contribution in [3.05, 3.63) is 17.5 Å². The van der Waals surface area contributed by atoms with Gasteiger partial charge in [0.05, 0.1) is 11.3 Å². The third-order valence-corrected chi connectivity index (χ3v) is 1.77. The second-order valence-corrected chi connectivity index (χ2v) is 3.05. The zero-order valence-corrected chi connectivity index (χ0v) is 7.63. The SMILES string of the molecule is CCc1nocc1C(=O)C(C)C. The molecule has 0 saturated carbocycles. The molecule has 0 atom stereocenters. The monoisotopic (exact) mass is 167 g/mol. The summed E-state index contributed by atoms with van der Waals surface area (Å²) in [4.78, 5) is 11.5. The van der Waals surface area contributed by atoms with Crippen LogP contribution in [0.1, 0.15) is 36.8 Å². The summed E-state index contributed by atoms with van der Waals surface area (Å²) in [5.41, 5.74) is 1.39. The van der Waals surface area contributed by atoms with Gasteiger partial charge in [0.25, 0.3) is 0 Å². The van der Waals surface area contributed by atoms with Crippen molar-refractivity contribution in [3.63, 3.8) is 0 Å². The molecule has 0 aliphatic heterocycles. The van der Waals surface area contributed by atoms with E-state index >= 15 is 0 Å². The van der Waals surface area contributed by atoms with Crippen LogP contribution in [0.3, 0.4) is 0 Å². The van der Waals surface area contributed by atoms with Crippen molar-refractivity contribution in [3.8, 4) is 0 Å². The molecular formula is C9H13NO2. The van der Waals surface area contributed by atoms with Gasteiger partial charge in [-0.2, -0.15) is 0 Å². The number of Topliss-reactive ketones (excluding diaryl/α,β-unsaturated/α-hetero) is 1. The van der Waals surface area contributed by atoms with E-state index < -0.39 is 0 Å². The first kappa shape index (κ1) is 8.97. The van der Waals surface area contributed by atoms with Crippen molar-refractivity contribution >= 4 is 5.78 Å². The van der Waals surface area contributed by atoms with Gasteiger partial charge in [0.1, 0.15) is 6.26 Å². The summed E-state index contributed by atoms with van der Waals surface area (Å²) >= 11 is 0. The highest BCUT2D eigenvalue weighted by molar-refractivity contribution is 5.98. The average Bonchev–Trinajstić information content (AvgIpc) is 2.49. The summed E-state index contributed by atoms with van der Waals surface area (Å²) < 4.78 is 4.74. The van der Waals surface area contributed by atoms with E-state index in [0.29, 0.717) is 5.56 Å². The number of aromatic nitrogens is 1. The summed E-state index contributed by atoms with van der Waals surface area (Å²) in [6.45, 7) is 5.69. The molecule has 1 rings (SSSR count). The third kappa shape index (κ3) is 1.55. The van der Waals surface area contributed by atoms with E-state index in [9.17, 15) is 4.79 Å². The minimum absolute atomic E-state index is 0.00898. The number of carbonyl (C=O) groups is 1. The molecular weight excluding hydrogens is 154 g/mol. The highest BCUT2D eigenvalue weighted by Gasteiger charge is 2.16. The van der Waals surface area contributed by atoms with Gasteiger partial charge in [-0.25, -0.2) is 0 Å². The van der Waals surface area contributed by atoms with Crippen molar-refractivity contribution in [2.75, 3.05) is 0 Å². The first-order valence-electron chi connectivity index (χ1n) is 4.14. The Morgan fingerprint density at radius 1 is 1.67 bits per heavy atom. The topological polar surface area (TPSA) is 43.1 Å². The van der Waals surface area contributed by atoms with E-state index in [1.165, 1.54) is 6.26 Å². The smallest absolute Gasteiger partial charge is 0.170 e. The summed E-state index contributed by atoms with van der Waals surface area (Å²) in [5.74, 6) is 0.114. The summed E-state index contributed by atoms with van der Waals surface area (Å²) in [6, 6.07) is 0. The zero-order valence-electron chi connectivity index (χ0n) is 7.63. The van der Waals surface area contributed by atoms with Crippen molar-refractivity contribution < 1.29 is 9.32 Å². The van der Waals surface area contributed by atoms with Crippen molar-refractivity contribution in [2.24, 2.45) is 5.92 Å². The van der Waals surface area contributed by atoms with E-state index in [4.69, 9.17) is 4.52 Å². The van der Waals surface area contributed by atoms with Crippen LogP contribution in [-0.4, -0.2) is 10.9 Å². The number of carbonyl (C=O) groups excluding carboxylic acids is 1. The normalized spacial score (nSPS) is 10.7. The van der Waals surface area contributed by atoms with Gasteiger partial charge in [-0.05, 0) is 6.42 Å². The van der Waals surface area contributed by atoms with E-state index in [2.05, 4.69) is 5.16 Å². The van der Waals surface area contributed by atoms with Gasteiger partial charge in [0.15, 0.2) is 5.78 Å². The zero-order chi connectivity index (χ0) is 9.14. The van der Waals surface area contributed by atoms with Crippen molar-refractivity contribution in [2.45, 2.75) is 27.2 Å². The highest BCUT2D eigenvalue weighted by atomic mass is 16.5. The molecule has 0 aliphatic rings. The lowest BCUT2D eigenvalue weighted by molar-refractivity contribution is 0.0938. The fourth-order valence-corrected chi connectivity index (χ4v) is 1.03. The lowest BCUT2D eigenvalue weighted by Crippen LogP contribution is -2.08. The molecule has 66 valence electrons. The van der Waals surface area contributed by atoms with Crippen LogP contribution in [-0.2, 0) is 6.42 Å². The Bertz CT molecular complexity index is 276. The molecule has 0 saturated heterocycles. The first-order valence-corrected chi connectivity index (χ1v) is 4.14. The first-order chi connectivity index (χ1) is 5.66. The molecule has 12 heavy (non-hydrogen) atoms. The number of hydrogen-bond acceptors (Lipinski definition) is 3. The van der Waals surface area contributed by atoms with Crippen LogP contribution < -0.4 is 0 Å². The standard InChI is InChI=1S/C9H13NO2/c1-4-8-7(5-12-10-8)9(11)6(2)3/h5-6H,4H2,1-3H3. The second kappa shape index (κ2) is 3.52. The third-order valence-electron chi connectivity index (χ3n) is 1.77. The predicted octanol–water partition coefficient (Wildman–Crippen LogP) is 2.08. The maximum absolute atomic E-state index is 11.5.